The van der Waals surface area contributed by atoms with Crippen LogP contribution in [0.2, 0.25) is 10.0 Å². The fraction of sp³-hybridized carbons (Fsp3) is 0.278. The van der Waals surface area contributed by atoms with Gasteiger partial charge in [-0.15, -0.1) is 0 Å². The van der Waals surface area contributed by atoms with E-state index in [1.165, 1.54) is 23.1 Å². The fourth-order valence-electron chi connectivity index (χ4n) is 5.71. The molecule has 5 rings (SSSR count). The van der Waals surface area contributed by atoms with Gasteiger partial charge in [0.05, 0.1) is 10.6 Å². The van der Waals surface area contributed by atoms with Gasteiger partial charge in [-0.25, -0.2) is 8.42 Å². The van der Waals surface area contributed by atoms with E-state index in [2.05, 4.69) is 5.32 Å². The van der Waals surface area contributed by atoms with Crippen molar-refractivity contribution < 1.29 is 18.0 Å². The zero-order valence-corrected chi connectivity index (χ0v) is 27.9. The van der Waals surface area contributed by atoms with Crippen molar-refractivity contribution in [3.8, 4) is 0 Å². The van der Waals surface area contributed by atoms with Crippen molar-refractivity contribution in [1.29, 1.82) is 0 Å². The summed E-state index contributed by atoms with van der Waals surface area (Å²) in [5.74, 6) is -0.804. The lowest BCUT2D eigenvalue weighted by molar-refractivity contribution is -0.140. The van der Waals surface area contributed by atoms with E-state index in [0.717, 1.165) is 46.7 Å². The Balaban J connectivity index is 1.56. The molecule has 2 amide bonds. The quantitative estimate of drug-likeness (QED) is 0.172. The third kappa shape index (κ3) is 8.49. The average Bonchev–Trinajstić information content (AvgIpc) is 3.56. The van der Waals surface area contributed by atoms with Crippen LogP contribution in [0.1, 0.15) is 42.4 Å². The van der Waals surface area contributed by atoms with Crippen molar-refractivity contribution in [3.63, 3.8) is 0 Å². The minimum absolute atomic E-state index is 0.0307. The number of benzene rings is 4. The SMILES string of the molecule is Cc1ccc(S(=O)(=O)N(CC(=O)N(Cc2ccc(Cl)cc2)[C@H](Cc2ccccc2)C(=O)NC2CCCC2)c2cccc(Cl)c2)cc1. The van der Waals surface area contributed by atoms with Gasteiger partial charge in [-0.1, -0.05) is 102 Å². The summed E-state index contributed by atoms with van der Waals surface area (Å²) in [6, 6.07) is 28.5. The molecule has 0 spiro atoms. The molecule has 4 aromatic rings. The molecule has 4 aromatic carbocycles. The summed E-state index contributed by atoms with van der Waals surface area (Å²) in [7, 11) is -4.21. The van der Waals surface area contributed by atoms with Crippen LogP contribution in [0.4, 0.5) is 5.69 Å². The Labute approximate surface area is 281 Å². The maximum atomic E-state index is 14.6. The second-order valence-corrected chi connectivity index (χ2v) is 14.4. The lowest BCUT2D eigenvalue weighted by atomic mass is 10.0. The molecule has 0 heterocycles. The summed E-state index contributed by atoms with van der Waals surface area (Å²) in [5, 5.41) is 4.04. The first-order valence-corrected chi connectivity index (χ1v) is 17.5. The van der Waals surface area contributed by atoms with E-state index < -0.39 is 28.5 Å². The molecule has 46 heavy (non-hydrogen) atoms. The third-order valence-electron chi connectivity index (χ3n) is 8.22. The highest BCUT2D eigenvalue weighted by Gasteiger charge is 2.35. The summed E-state index contributed by atoms with van der Waals surface area (Å²) in [6.45, 7) is 1.39. The zero-order chi connectivity index (χ0) is 32.7. The fourth-order valence-corrected chi connectivity index (χ4v) is 7.42. The molecule has 10 heteroatoms. The number of amides is 2. The van der Waals surface area contributed by atoms with E-state index >= 15 is 0 Å². The molecular weight excluding hydrogens is 641 g/mol. The number of nitrogens with zero attached hydrogens (tertiary/aromatic N) is 2. The number of rotatable bonds is 12. The van der Waals surface area contributed by atoms with Gasteiger partial charge in [0.2, 0.25) is 11.8 Å². The van der Waals surface area contributed by atoms with Crippen LogP contribution in [-0.2, 0) is 32.6 Å². The molecule has 7 nitrogen and oxygen atoms in total. The van der Waals surface area contributed by atoms with E-state index in [4.69, 9.17) is 23.2 Å². The Hall–Kier alpha value is -3.85. The first-order valence-electron chi connectivity index (χ1n) is 15.3. The Morgan fingerprint density at radius 3 is 2.15 bits per heavy atom. The Bertz CT molecular complexity index is 1740. The van der Waals surface area contributed by atoms with Crippen LogP contribution in [0.15, 0.2) is 108 Å². The summed E-state index contributed by atoms with van der Waals surface area (Å²) >= 11 is 12.5. The van der Waals surface area contributed by atoms with Crippen molar-refractivity contribution >= 4 is 50.7 Å². The molecule has 240 valence electrons. The van der Waals surface area contributed by atoms with E-state index in [0.29, 0.717) is 10.0 Å². The van der Waals surface area contributed by atoms with E-state index in [9.17, 15) is 18.0 Å². The van der Waals surface area contributed by atoms with Gasteiger partial charge in [0.1, 0.15) is 12.6 Å². The van der Waals surface area contributed by atoms with Crippen LogP contribution >= 0.6 is 23.2 Å². The van der Waals surface area contributed by atoms with Crippen LogP contribution in [0.3, 0.4) is 0 Å². The molecule has 1 saturated carbocycles. The normalized spacial score (nSPS) is 14.1. The summed E-state index contributed by atoms with van der Waals surface area (Å²) in [5.41, 5.74) is 2.76. The van der Waals surface area contributed by atoms with Crippen molar-refractivity contribution in [1.82, 2.24) is 10.2 Å². The maximum absolute atomic E-state index is 14.6. The summed E-state index contributed by atoms with van der Waals surface area (Å²) < 4.78 is 29.4. The van der Waals surface area contributed by atoms with Gasteiger partial charge < -0.3 is 10.2 Å². The molecule has 0 bridgehead atoms. The number of hydrogen-bond donors (Lipinski definition) is 1. The van der Waals surface area contributed by atoms with Gasteiger partial charge in [-0.2, -0.15) is 0 Å². The first-order chi connectivity index (χ1) is 22.1. The number of carbonyl (C=O) groups is 2. The van der Waals surface area contributed by atoms with Crippen molar-refractivity contribution in [2.24, 2.45) is 0 Å². The van der Waals surface area contributed by atoms with Gasteiger partial charge in [-0.3, -0.25) is 13.9 Å². The largest absolute Gasteiger partial charge is 0.352 e. The number of anilines is 1. The van der Waals surface area contributed by atoms with E-state index in [1.54, 1.807) is 54.6 Å². The highest BCUT2D eigenvalue weighted by molar-refractivity contribution is 7.92. The van der Waals surface area contributed by atoms with Crippen LogP contribution < -0.4 is 9.62 Å². The number of nitrogens with one attached hydrogen (secondary N) is 1. The second-order valence-electron chi connectivity index (χ2n) is 11.6. The van der Waals surface area contributed by atoms with E-state index in [1.807, 2.05) is 37.3 Å². The number of carbonyl (C=O) groups excluding carboxylic acids is 2. The molecule has 1 aliphatic rings. The van der Waals surface area contributed by atoms with Crippen LogP contribution in [0.25, 0.3) is 0 Å². The van der Waals surface area contributed by atoms with E-state index in [-0.39, 0.29) is 35.5 Å². The Morgan fingerprint density at radius 1 is 0.826 bits per heavy atom. The smallest absolute Gasteiger partial charge is 0.264 e. The molecule has 1 fully saturated rings. The summed E-state index contributed by atoms with van der Waals surface area (Å²) in [6.07, 6.45) is 4.08. The zero-order valence-electron chi connectivity index (χ0n) is 25.6. The molecule has 0 unspecified atom stereocenters. The minimum Gasteiger partial charge on any atom is -0.352 e. The molecule has 0 aromatic heterocycles. The molecule has 0 aliphatic heterocycles. The molecular formula is C36H37Cl2N3O4S. The number of aryl methyl sites for hydroxylation is 1. The van der Waals surface area contributed by atoms with Crippen LogP contribution in [0, 0.1) is 6.92 Å². The maximum Gasteiger partial charge on any atom is 0.264 e. The lowest BCUT2D eigenvalue weighted by Crippen LogP contribution is -2.54. The molecule has 1 aliphatic carbocycles. The van der Waals surface area contributed by atoms with Crippen molar-refractivity contribution in [2.75, 3.05) is 10.8 Å². The number of sulfonamides is 1. The molecule has 0 saturated heterocycles. The minimum atomic E-state index is -4.21. The predicted octanol–water partition coefficient (Wildman–Crippen LogP) is 7.20. The molecule has 1 atom stereocenters. The number of hydrogen-bond acceptors (Lipinski definition) is 4. The topological polar surface area (TPSA) is 86.8 Å². The van der Waals surface area contributed by atoms with Gasteiger partial charge in [0.25, 0.3) is 10.0 Å². The van der Waals surface area contributed by atoms with Gasteiger partial charge >= 0.3 is 0 Å². The first kappa shape index (κ1) is 33.5. The summed E-state index contributed by atoms with van der Waals surface area (Å²) in [4.78, 5) is 30.2. The van der Waals surface area contributed by atoms with Gasteiger partial charge in [0.15, 0.2) is 0 Å². The average molecular weight is 679 g/mol. The highest BCUT2D eigenvalue weighted by Crippen LogP contribution is 2.28. The van der Waals surface area contributed by atoms with Gasteiger partial charge in [0, 0.05) is 29.1 Å². The Morgan fingerprint density at radius 2 is 1.50 bits per heavy atom. The lowest BCUT2D eigenvalue weighted by Gasteiger charge is -2.34. The number of halogens is 2. The third-order valence-corrected chi connectivity index (χ3v) is 10.5. The molecule has 1 N–H and O–H groups in total. The van der Waals surface area contributed by atoms with Gasteiger partial charge in [-0.05, 0) is 73.4 Å². The highest BCUT2D eigenvalue weighted by atomic mass is 35.5. The Kier molecular flexibility index (Phi) is 11.0. The van der Waals surface area contributed by atoms with Crippen LogP contribution in [-0.4, -0.2) is 43.8 Å². The van der Waals surface area contributed by atoms with Crippen molar-refractivity contribution in [2.45, 2.75) is 62.6 Å². The predicted molar refractivity (Wildman–Crippen MR) is 183 cm³/mol. The monoisotopic (exact) mass is 677 g/mol. The van der Waals surface area contributed by atoms with Crippen LogP contribution in [0.5, 0.6) is 0 Å². The standard InChI is InChI=1S/C36H37Cl2N3O4S/c1-26-14-20-33(21-15-26)46(44,45)41(32-13-7-10-30(38)23-32)25-35(42)40(24-28-16-18-29(37)19-17-28)34(22-27-8-3-2-4-9-27)36(43)39-31-11-5-6-12-31/h2-4,7-10,13-21,23,31,34H,5-6,11-12,22,24-25H2,1H3,(H,39,43)/t34-/m1/s1. The second kappa shape index (κ2) is 15.2. The molecule has 0 radical (unpaired) electrons. The van der Waals surface area contributed by atoms with Crippen molar-refractivity contribution in [3.05, 3.63) is 130 Å².